The second kappa shape index (κ2) is 11.1. The van der Waals surface area contributed by atoms with Gasteiger partial charge in [0, 0.05) is 35.6 Å². The van der Waals surface area contributed by atoms with Gasteiger partial charge in [0.2, 0.25) is 5.91 Å². The third-order valence-electron chi connectivity index (χ3n) is 6.36. The van der Waals surface area contributed by atoms with Crippen LogP contribution in [-0.4, -0.2) is 28.6 Å². The number of carbonyl (C=O) groups is 1. The molecule has 0 aliphatic heterocycles. The fourth-order valence-corrected chi connectivity index (χ4v) is 4.75. The fraction of sp³-hybridized carbons (Fsp3) is 0.480. The number of nitro groups is 1. The van der Waals surface area contributed by atoms with Crippen LogP contribution in [0.15, 0.2) is 42.5 Å². The Bertz CT molecular complexity index is 961. The summed E-state index contributed by atoms with van der Waals surface area (Å²) in [6, 6.07) is 11.0. The number of phenolic OH excluding ortho intramolecular Hbond substituents is 1. The number of phenols is 1. The minimum atomic E-state index is -0.498. The van der Waals surface area contributed by atoms with E-state index in [1.165, 1.54) is 24.6 Å². The molecule has 1 aliphatic carbocycles. The van der Waals surface area contributed by atoms with Crippen LogP contribution in [0.25, 0.3) is 0 Å². The predicted octanol–water partition coefficient (Wildman–Crippen LogP) is 5.33. The Morgan fingerprint density at radius 3 is 2.55 bits per heavy atom. The number of non-ortho nitro benzene ring substituents is 1. The maximum atomic E-state index is 12.4. The minimum Gasteiger partial charge on any atom is -0.508 e. The molecule has 3 rings (SSSR count). The van der Waals surface area contributed by atoms with Crippen molar-refractivity contribution in [3.05, 3.63) is 58.1 Å². The Morgan fingerprint density at radius 2 is 1.88 bits per heavy atom. The maximum absolute atomic E-state index is 12.4. The van der Waals surface area contributed by atoms with Gasteiger partial charge in [-0.2, -0.15) is 0 Å². The van der Waals surface area contributed by atoms with Gasteiger partial charge in [-0.05, 0) is 54.5 Å². The molecule has 0 spiro atoms. The van der Waals surface area contributed by atoms with Gasteiger partial charge >= 0.3 is 0 Å². The Morgan fingerprint density at radius 1 is 1.18 bits per heavy atom. The van der Waals surface area contributed by atoms with Gasteiger partial charge in [0.1, 0.15) is 12.4 Å². The van der Waals surface area contributed by atoms with Crippen molar-refractivity contribution in [2.75, 3.05) is 17.2 Å². The summed E-state index contributed by atoms with van der Waals surface area (Å²) in [6.07, 6.45) is 3.48. The summed E-state index contributed by atoms with van der Waals surface area (Å²) in [5, 5.41) is 26.8. The summed E-state index contributed by atoms with van der Waals surface area (Å²) < 4.78 is 6.01. The number of benzene rings is 2. The largest absolute Gasteiger partial charge is 0.508 e. The molecule has 2 aromatic carbocycles. The van der Waals surface area contributed by atoms with Crippen LogP contribution in [0.1, 0.15) is 45.6 Å². The van der Waals surface area contributed by atoms with Gasteiger partial charge < -0.3 is 20.5 Å². The normalized spacial score (nSPS) is 20.4. The number of nitrogens with zero attached hydrogens (tertiary/aromatic N) is 1. The van der Waals surface area contributed by atoms with E-state index in [2.05, 4.69) is 31.4 Å². The zero-order chi connectivity index (χ0) is 24.0. The van der Waals surface area contributed by atoms with E-state index in [0.29, 0.717) is 29.0 Å². The number of rotatable bonds is 9. The van der Waals surface area contributed by atoms with E-state index in [-0.39, 0.29) is 36.6 Å². The first-order valence-electron chi connectivity index (χ1n) is 11.5. The van der Waals surface area contributed by atoms with E-state index in [9.17, 15) is 20.0 Å². The third-order valence-corrected chi connectivity index (χ3v) is 6.36. The number of nitro benzene ring substituents is 1. The van der Waals surface area contributed by atoms with Crippen LogP contribution in [0.2, 0.25) is 0 Å². The Balaban J connectivity index is 1.50. The van der Waals surface area contributed by atoms with Crippen molar-refractivity contribution in [3.8, 4) is 5.75 Å². The van der Waals surface area contributed by atoms with Crippen LogP contribution in [0.5, 0.6) is 5.75 Å². The third kappa shape index (κ3) is 6.68. The Kier molecular flexibility index (Phi) is 8.27. The lowest BCUT2D eigenvalue weighted by Crippen LogP contribution is -2.38. The molecule has 8 heteroatoms. The van der Waals surface area contributed by atoms with Crippen LogP contribution in [0.4, 0.5) is 17.1 Å². The molecule has 33 heavy (non-hydrogen) atoms. The van der Waals surface area contributed by atoms with E-state index in [4.69, 9.17) is 4.74 Å². The highest BCUT2D eigenvalue weighted by Gasteiger charge is 2.33. The van der Waals surface area contributed by atoms with Crippen molar-refractivity contribution >= 4 is 23.0 Å². The summed E-state index contributed by atoms with van der Waals surface area (Å²) in [5.41, 5.74) is 1.76. The highest BCUT2D eigenvalue weighted by Crippen LogP contribution is 2.36. The summed E-state index contributed by atoms with van der Waals surface area (Å²) in [5.74, 6) is 1.41. The number of nitrogens with one attached hydrogen (secondary N) is 2. The molecule has 1 fully saturated rings. The lowest BCUT2D eigenvalue weighted by atomic mass is 9.72. The first kappa shape index (κ1) is 24.5. The monoisotopic (exact) mass is 455 g/mol. The van der Waals surface area contributed by atoms with Gasteiger partial charge in [-0.25, -0.2) is 0 Å². The van der Waals surface area contributed by atoms with E-state index in [1.54, 1.807) is 24.3 Å². The summed E-state index contributed by atoms with van der Waals surface area (Å²) in [7, 11) is 0. The molecule has 8 nitrogen and oxygen atoms in total. The number of ether oxygens (including phenoxy) is 1. The molecule has 0 aromatic heterocycles. The highest BCUT2D eigenvalue weighted by atomic mass is 16.6. The maximum Gasteiger partial charge on any atom is 0.270 e. The van der Waals surface area contributed by atoms with Crippen molar-refractivity contribution in [1.29, 1.82) is 0 Å². The zero-order valence-electron chi connectivity index (χ0n) is 19.4. The van der Waals surface area contributed by atoms with Crippen molar-refractivity contribution in [1.82, 2.24) is 0 Å². The summed E-state index contributed by atoms with van der Waals surface area (Å²) >= 11 is 0. The average Bonchev–Trinajstić information content (AvgIpc) is 2.77. The smallest absolute Gasteiger partial charge is 0.270 e. The van der Waals surface area contributed by atoms with Gasteiger partial charge in [0.15, 0.2) is 0 Å². The van der Waals surface area contributed by atoms with Gasteiger partial charge in [-0.15, -0.1) is 0 Å². The lowest BCUT2D eigenvalue weighted by molar-refractivity contribution is -0.384. The molecule has 0 heterocycles. The van der Waals surface area contributed by atoms with Crippen LogP contribution >= 0.6 is 0 Å². The second-order valence-electron chi connectivity index (χ2n) is 9.13. The molecule has 1 amide bonds. The Hall–Kier alpha value is -3.13. The van der Waals surface area contributed by atoms with Crippen molar-refractivity contribution in [2.45, 2.75) is 52.7 Å². The molecule has 3 unspecified atom stereocenters. The lowest BCUT2D eigenvalue weighted by Gasteiger charge is -2.38. The van der Waals surface area contributed by atoms with E-state index in [0.717, 1.165) is 18.5 Å². The molecular weight excluding hydrogens is 422 g/mol. The first-order valence-corrected chi connectivity index (χ1v) is 11.5. The standard InChI is InChI=1S/C25H33N3O5/c1-16(2)25-17(3)5-4-6-23(25)33-15-24(30)27-20-9-7-19(8-10-20)26-14-18-13-21(28(31)32)11-12-22(18)29/h7-13,16-17,23,25-26,29H,4-6,14-15H2,1-3H3,(H,27,30). The van der Waals surface area contributed by atoms with E-state index >= 15 is 0 Å². The van der Waals surface area contributed by atoms with E-state index in [1.807, 2.05) is 0 Å². The predicted molar refractivity (Wildman–Crippen MR) is 128 cm³/mol. The number of anilines is 2. The molecule has 0 bridgehead atoms. The van der Waals surface area contributed by atoms with Crippen LogP contribution in [0, 0.1) is 27.9 Å². The highest BCUT2D eigenvalue weighted by molar-refractivity contribution is 5.91. The van der Waals surface area contributed by atoms with Crippen LogP contribution in [-0.2, 0) is 16.1 Å². The molecule has 1 aliphatic rings. The first-order chi connectivity index (χ1) is 15.7. The van der Waals surface area contributed by atoms with E-state index < -0.39 is 4.92 Å². The molecule has 3 atom stereocenters. The molecule has 0 radical (unpaired) electrons. The van der Waals surface area contributed by atoms with Gasteiger partial charge in [0.05, 0.1) is 11.0 Å². The molecule has 3 N–H and O–H groups in total. The van der Waals surface area contributed by atoms with Crippen molar-refractivity contribution < 1.29 is 19.6 Å². The summed E-state index contributed by atoms with van der Waals surface area (Å²) in [4.78, 5) is 22.8. The Labute approximate surface area is 194 Å². The molecule has 0 saturated heterocycles. The van der Waals surface area contributed by atoms with Gasteiger partial charge in [-0.1, -0.05) is 33.6 Å². The number of aromatic hydroxyl groups is 1. The fourth-order valence-electron chi connectivity index (χ4n) is 4.75. The number of carbonyl (C=O) groups excluding carboxylic acids is 1. The van der Waals surface area contributed by atoms with Crippen molar-refractivity contribution in [2.24, 2.45) is 17.8 Å². The minimum absolute atomic E-state index is 0.0101. The average molecular weight is 456 g/mol. The van der Waals surface area contributed by atoms with Crippen LogP contribution in [0.3, 0.4) is 0 Å². The van der Waals surface area contributed by atoms with Gasteiger partial charge in [0.25, 0.3) is 5.69 Å². The molecule has 1 saturated carbocycles. The van der Waals surface area contributed by atoms with Crippen molar-refractivity contribution in [3.63, 3.8) is 0 Å². The van der Waals surface area contributed by atoms with Crippen LogP contribution < -0.4 is 10.6 Å². The SMILES string of the molecule is CC(C)C1C(C)CCCC1OCC(=O)Nc1ccc(NCc2cc([N+](=O)[O-])ccc2O)cc1. The quantitative estimate of drug-likeness (QED) is 0.348. The number of hydrogen-bond acceptors (Lipinski definition) is 6. The molecule has 178 valence electrons. The summed E-state index contributed by atoms with van der Waals surface area (Å²) in [6.45, 7) is 6.98. The molecule has 2 aromatic rings. The zero-order valence-corrected chi connectivity index (χ0v) is 19.4. The number of hydrogen-bond donors (Lipinski definition) is 3. The second-order valence-corrected chi connectivity index (χ2v) is 9.13. The topological polar surface area (TPSA) is 114 Å². The van der Waals surface area contributed by atoms with Gasteiger partial charge in [-0.3, -0.25) is 14.9 Å². The number of amides is 1. The molecular formula is C25H33N3O5.